The Labute approximate surface area is 202 Å². The van der Waals surface area contributed by atoms with Crippen molar-refractivity contribution in [2.45, 2.75) is 72.1 Å². The zero-order valence-electron chi connectivity index (χ0n) is 21.5. The second kappa shape index (κ2) is 8.98. The van der Waals surface area contributed by atoms with E-state index in [1.807, 2.05) is 32.0 Å². The van der Waals surface area contributed by atoms with Crippen molar-refractivity contribution in [3.63, 3.8) is 0 Å². The number of esters is 1. The lowest BCUT2D eigenvalue weighted by molar-refractivity contribution is -0.137. The molecule has 0 N–H and O–H groups in total. The summed E-state index contributed by atoms with van der Waals surface area (Å²) in [6, 6.07) is 12.7. The van der Waals surface area contributed by atoms with E-state index >= 15 is 0 Å². The van der Waals surface area contributed by atoms with Crippen molar-refractivity contribution in [3.05, 3.63) is 59.4 Å². The van der Waals surface area contributed by atoms with Crippen molar-refractivity contribution >= 4 is 22.5 Å². The van der Waals surface area contributed by atoms with E-state index < -0.39 is 0 Å². The molecule has 0 aliphatic heterocycles. The molecule has 1 heterocycles. The highest BCUT2D eigenvalue weighted by Gasteiger charge is 2.38. The van der Waals surface area contributed by atoms with Crippen LogP contribution in [-0.2, 0) is 20.4 Å². The quantitative estimate of drug-likeness (QED) is 0.278. The number of carbonyl (C=O) groups is 1. The van der Waals surface area contributed by atoms with Crippen molar-refractivity contribution in [1.82, 2.24) is 0 Å². The van der Waals surface area contributed by atoms with E-state index in [2.05, 4.69) is 45.9 Å². The molecule has 0 radical (unpaired) electrons. The molecule has 1 aliphatic rings. The van der Waals surface area contributed by atoms with Gasteiger partial charge in [-0.15, -0.1) is 0 Å². The van der Waals surface area contributed by atoms with Gasteiger partial charge in [-0.25, -0.2) is 4.79 Å². The minimum Gasteiger partial charge on any atom is -0.493 e. The van der Waals surface area contributed by atoms with E-state index in [0.717, 1.165) is 46.3 Å². The molecule has 0 bridgehead atoms. The molecule has 34 heavy (non-hydrogen) atoms. The standard InChI is InChI=1S/C30H36O4/c1-8-32-26-18-24-23(29(4,5)13-14-30(24,6)7)17-22(26)21-12-10-11-20-16-25(34-28(20)21)19(3)15-27(31)33-9-2/h10-12,15-18H,8-9,13-14H2,1-7H3/b19-15-. The number of fused-ring (bicyclic) bond motifs is 2. The maximum atomic E-state index is 11.9. The van der Waals surface area contributed by atoms with E-state index in [1.165, 1.54) is 17.2 Å². The summed E-state index contributed by atoms with van der Waals surface area (Å²) in [5.41, 5.74) is 6.52. The van der Waals surface area contributed by atoms with Crippen molar-refractivity contribution < 1.29 is 18.7 Å². The van der Waals surface area contributed by atoms with Crippen LogP contribution < -0.4 is 4.74 Å². The number of ether oxygens (including phenoxy) is 2. The number of para-hydroxylation sites is 1. The minimum absolute atomic E-state index is 0.0888. The molecule has 4 rings (SSSR count). The largest absolute Gasteiger partial charge is 0.493 e. The first-order chi connectivity index (χ1) is 16.1. The van der Waals surface area contributed by atoms with Gasteiger partial charge in [0.2, 0.25) is 0 Å². The summed E-state index contributed by atoms with van der Waals surface area (Å²) in [6.45, 7) is 15.9. The molecule has 180 valence electrons. The van der Waals surface area contributed by atoms with E-state index in [0.29, 0.717) is 19.0 Å². The Morgan fingerprint density at radius 1 is 0.971 bits per heavy atom. The molecule has 3 aromatic rings. The molecule has 2 aromatic carbocycles. The van der Waals surface area contributed by atoms with Crippen LogP contribution >= 0.6 is 0 Å². The molecular formula is C30H36O4. The van der Waals surface area contributed by atoms with Crippen LogP contribution in [0.25, 0.3) is 27.7 Å². The normalized spacial score (nSPS) is 16.9. The average Bonchev–Trinajstić information content (AvgIpc) is 3.22. The predicted octanol–water partition coefficient (Wildman–Crippen LogP) is 7.81. The second-order valence-electron chi connectivity index (χ2n) is 10.5. The van der Waals surface area contributed by atoms with Gasteiger partial charge in [0, 0.05) is 22.6 Å². The van der Waals surface area contributed by atoms with E-state index in [1.54, 1.807) is 6.92 Å². The molecule has 0 fully saturated rings. The maximum Gasteiger partial charge on any atom is 0.331 e. The van der Waals surface area contributed by atoms with Crippen LogP contribution in [0, 0.1) is 0 Å². The molecule has 0 atom stereocenters. The molecular weight excluding hydrogens is 424 g/mol. The van der Waals surface area contributed by atoms with Gasteiger partial charge in [-0.05, 0) is 79.3 Å². The molecule has 4 nitrogen and oxygen atoms in total. The number of benzene rings is 2. The summed E-state index contributed by atoms with van der Waals surface area (Å²) in [4.78, 5) is 11.9. The molecule has 0 saturated carbocycles. The molecule has 1 aromatic heterocycles. The fourth-order valence-corrected chi connectivity index (χ4v) is 4.98. The lowest BCUT2D eigenvalue weighted by Crippen LogP contribution is -2.33. The molecule has 0 spiro atoms. The zero-order chi connectivity index (χ0) is 24.7. The van der Waals surface area contributed by atoms with Crippen LogP contribution in [-0.4, -0.2) is 19.2 Å². The fourth-order valence-electron chi connectivity index (χ4n) is 4.98. The molecule has 1 aliphatic carbocycles. The lowest BCUT2D eigenvalue weighted by atomic mass is 9.62. The zero-order valence-corrected chi connectivity index (χ0v) is 21.5. The Hall–Kier alpha value is -3.01. The fraction of sp³-hybridized carbons (Fsp3) is 0.433. The number of carbonyl (C=O) groups excluding carboxylic acids is 1. The summed E-state index contributed by atoms with van der Waals surface area (Å²) in [7, 11) is 0. The maximum absolute atomic E-state index is 11.9. The monoisotopic (exact) mass is 460 g/mol. The Balaban J connectivity index is 1.91. The third-order valence-corrected chi connectivity index (χ3v) is 7.10. The van der Waals surface area contributed by atoms with Gasteiger partial charge >= 0.3 is 5.97 Å². The van der Waals surface area contributed by atoms with E-state index in [4.69, 9.17) is 13.9 Å². The number of hydrogen-bond donors (Lipinski definition) is 0. The minimum atomic E-state index is -0.362. The van der Waals surface area contributed by atoms with Crippen molar-refractivity contribution in [2.75, 3.05) is 13.2 Å². The predicted molar refractivity (Wildman–Crippen MR) is 138 cm³/mol. The Kier molecular flexibility index (Phi) is 6.37. The molecule has 0 amide bonds. The van der Waals surface area contributed by atoms with Crippen molar-refractivity contribution in [2.24, 2.45) is 0 Å². The van der Waals surface area contributed by atoms with Gasteiger partial charge in [-0.1, -0.05) is 45.9 Å². The van der Waals surface area contributed by atoms with Gasteiger partial charge in [0.15, 0.2) is 0 Å². The first kappa shape index (κ1) is 24.1. The summed E-state index contributed by atoms with van der Waals surface area (Å²) < 4.78 is 17.6. The molecule has 4 heteroatoms. The smallest absolute Gasteiger partial charge is 0.331 e. The highest BCUT2D eigenvalue weighted by Crippen LogP contribution is 2.50. The Morgan fingerprint density at radius 3 is 2.29 bits per heavy atom. The van der Waals surface area contributed by atoms with E-state index in [9.17, 15) is 4.79 Å². The van der Waals surface area contributed by atoms with E-state index in [-0.39, 0.29) is 16.8 Å². The van der Waals surface area contributed by atoms with Crippen LogP contribution in [0.2, 0.25) is 0 Å². The van der Waals surface area contributed by atoms with Gasteiger partial charge in [0.25, 0.3) is 0 Å². The van der Waals surface area contributed by atoms with Crippen LogP contribution in [0.3, 0.4) is 0 Å². The van der Waals surface area contributed by atoms with Gasteiger partial charge in [0.05, 0.1) is 13.2 Å². The van der Waals surface area contributed by atoms with Crippen LogP contribution in [0.15, 0.2) is 46.9 Å². The van der Waals surface area contributed by atoms with Gasteiger partial charge in [-0.2, -0.15) is 0 Å². The Morgan fingerprint density at radius 2 is 1.65 bits per heavy atom. The third kappa shape index (κ3) is 4.38. The molecule has 0 unspecified atom stereocenters. The lowest BCUT2D eigenvalue weighted by Gasteiger charge is -2.42. The van der Waals surface area contributed by atoms with Crippen LogP contribution in [0.5, 0.6) is 5.75 Å². The summed E-state index contributed by atoms with van der Waals surface area (Å²) in [6.07, 6.45) is 3.78. The SMILES string of the molecule is CCOC(=O)/C=C(/C)c1cc2cccc(-c3cc4c(cc3OCC)C(C)(C)CCC4(C)C)c2o1. The first-order valence-electron chi connectivity index (χ1n) is 12.3. The summed E-state index contributed by atoms with van der Waals surface area (Å²) >= 11 is 0. The highest BCUT2D eigenvalue weighted by atomic mass is 16.5. The average molecular weight is 461 g/mol. The van der Waals surface area contributed by atoms with Gasteiger partial charge in [0.1, 0.15) is 17.1 Å². The summed E-state index contributed by atoms with van der Waals surface area (Å²) in [5.74, 6) is 1.18. The third-order valence-electron chi connectivity index (χ3n) is 7.10. The topological polar surface area (TPSA) is 48.7 Å². The first-order valence-corrected chi connectivity index (χ1v) is 12.3. The van der Waals surface area contributed by atoms with Crippen molar-refractivity contribution in [3.8, 4) is 16.9 Å². The van der Waals surface area contributed by atoms with Crippen molar-refractivity contribution in [1.29, 1.82) is 0 Å². The Bertz CT molecular complexity index is 1260. The van der Waals surface area contributed by atoms with Gasteiger partial charge in [-0.3, -0.25) is 0 Å². The summed E-state index contributed by atoms with van der Waals surface area (Å²) in [5, 5.41) is 0.990. The number of hydrogen-bond acceptors (Lipinski definition) is 4. The van der Waals surface area contributed by atoms with Gasteiger partial charge < -0.3 is 13.9 Å². The van der Waals surface area contributed by atoms with Crippen LogP contribution in [0.4, 0.5) is 0 Å². The molecule has 0 saturated heterocycles. The highest BCUT2D eigenvalue weighted by molar-refractivity contribution is 5.97. The van der Waals surface area contributed by atoms with Crippen LogP contribution in [0.1, 0.15) is 78.2 Å². The number of furan rings is 1. The number of allylic oxidation sites excluding steroid dienone is 1. The second-order valence-corrected chi connectivity index (χ2v) is 10.5. The number of rotatable bonds is 6.